The maximum Gasteiger partial charge on any atom is 0.270 e. The van der Waals surface area contributed by atoms with Crippen LogP contribution in [0.2, 0.25) is 0 Å². The molecule has 0 bridgehead atoms. The minimum atomic E-state index is -0.451. The van der Waals surface area contributed by atoms with Crippen molar-refractivity contribution in [1.82, 2.24) is 4.98 Å². The molecule has 0 atom stereocenters. The van der Waals surface area contributed by atoms with Crippen molar-refractivity contribution in [3.8, 4) is 5.75 Å². The number of non-ortho nitro benzene ring substituents is 1. The van der Waals surface area contributed by atoms with E-state index in [1.807, 2.05) is 0 Å². The number of nitro benzene ring substituents is 1. The van der Waals surface area contributed by atoms with Gasteiger partial charge in [-0.3, -0.25) is 19.7 Å². The Kier molecular flexibility index (Phi) is 7.04. The van der Waals surface area contributed by atoms with E-state index in [9.17, 15) is 19.7 Å². The normalized spacial score (nSPS) is 10.6. The van der Waals surface area contributed by atoms with Gasteiger partial charge in [-0.15, -0.1) is 11.3 Å². The van der Waals surface area contributed by atoms with Crippen LogP contribution in [0.25, 0.3) is 10.2 Å². The number of rotatable bonds is 8. The molecule has 0 saturated carbocycles. The van der Waals surface area contributed by atoms with Gasteiger partial charge in [0.1, 0.15) is 5.75 Å². The van der Waals surface area contributed by atoms with Gasteiger partial charge in [-0.25, -0.2) is 4.98 Å². The second-order valence-corrected chi connectivity index (χ2v) is 9.24. The predicted octanol–water partition coefficient (Wildman–Crippen LogP) is 5.20. The number of hydrogen-bond acceptors (Lipinski definition) is 8. The van der Waals surface area contributed by atoms with E-state index in [2.05, 4.69) is 15.6 Å². The van der Waals surface area contributed by atoms with Crippen molar-refractivity contribution in [1.29, 1.82) is 0 Å². The highest BCUT2D eigenvalue weighted by molar-refractivity contribution is 8.01. The van der Waals surface area contributed by atoms with Gasteiger partial charge in [0, 0.05) is 29.1 Å². The fourth-order valence-electron chi connectivity index (χ4n) is 2.97. The van der Waals surface area contributed by atoms with Crippen molar-refractivity contribution < 1.29 is 19.2 Å². The first-order valence-electron chi connectivity index (χ1n) is 9.94. The molecule has 172 valence electrons. The van der Waals surface area contributed by atoms with E-state index in [-0.39, 0.29) is 23.3 Å². The first kappa shape index (κ1) is 23.2. The number of benzene rings is 3. The van der Waals surface area contributed by atoms with Crippen molar-refractivity contribution in [3.05, 3.63) is 82.4 Å². The molecular weight excluding hydrogens is 476 g/mol. The lowest BCUT2D eigenvalue weighted by Crippen LogP contribution is -2.15. The number of nitrogens with zero attached hydrogens (tertiary/aromatic N) is 2. The third-order valence-corrected chi connectivity index (χ3v) is 6.83. The molecule has 0 fully saturated rings. The molecule has 0 saturated heterocycles. The topological polar surface area (TPSA) is 123 Å². The summed E-state index contributed by atoms with van der Waals surface area (Å²) in [6, 6.07) is 18.0. The molecule has 0 radical (unpaired) electrons. The summed E-state index contributed by atoms with van der Waals surface area (Å²) in [5, 5.41) is 16.5. The highest BCUT2D eigenvalue weighted by Gasteiger charge is 2.12. The summed E-state index contributed by atoms with van der Waals surface area (Å²) >= 11 is 2.55. The fourth-order valence-corrected chi connectivity index (χ4v) is 4.88. The van der Waals surface area contributed by atoms with Gasteiger partial charge in [-0.05, 0) is 54.6 Å². The highest BCUT2D eigenvalue weighted by Crippen LogP contribution is 2.31. The number of methoxy groups -OCH3 is 1. The van der Waals surface area contributed by atoms with Crippen LogP contribution in [0.4, 0.5) is 17.1 Å². The number of ether oxygens (including phenoxy) is 1. The minimum absolute atomic E-state index is 0.00608. The zero-order valence-electron chi connectivity index (χ0n) is 17.8. The number of carbonyl (C=O) groups excluding carboxylic acids is 2. The SMILES string of the molecule is COc1ccc(NC(=O)c2ccc(NC(=O)CSc3nc4ccc([N+](=O)[O-])cc4s3)cc2)cc1. The van der Waals surface area contributed by atoms with Crippen LogP contribution in [0.1, 0.15) is 10.4 Å². The number of carbonyl (C=O) groups is 2. The summed E-state index contributed by atoms with van der Waals surface area (Å²) in [6.45, 7) is 0. The second-order valence-electron chi connectivity index (χ2n) is 6.99. The van der Waals surface area contributed by atoms with Gasteiger partial charge < -0.3 is 15.4 Å². The van der Waals surface area contributed by atoms with Crippen LogP contribution in [0.15, 0.2) is 71.1 Å². The molecule has 11 heteroatoms. The van der Waals surface area contributed by atoms with E-state index in [1.165, 1.54) is 35.2 Å². The molecule has 34 heavy (non-hydrogen) atoms. The van der Waals surface area contributed by atoms with E-state index in [4.69, 9.17) is 4.74 Å². The zero-order valence-corrected chi connectivity index (χ0v) is 19.4. The largest absolute Gasteiger partial charge is 0.497 e. The third kappa shape index (κ3) is 5.69. The lowest BCUT2D eigenvalue weighted by molar-refractivity contribution is -0.384. The molecule has 0 aliphatic heterocycles. The van der Waals surface area contributed by atoms with Crippen LogP contribution in [-0.4, -0.2) is 34.6 Å². The molecule has 0 aliphatic rings. The molecule has 2 N–H and O–H groups in total. The quantitative estimate of drug-likeness (QED) is 0.196. The zero-order chi connectivity index (χ0) is 24.1. The maximum absolute atomic E-state index is 12.4. The van der Waals surface area contributed by atoms with Crippen molar-refractivity contribution >= 4 is 62.2 Å². The number of aromatic nitrogens is 1. The van der Waals surface area contributed by atoms with Crippen LogP contribution in [-0.2, 0) is 4.79 Å². The number of amides is 2. The Labute approximate surface area is 202 Å². The van der Waals surface area contributed by atoms with Crippen LogP contribution >= 0.6 is 23.1 Å². The minimum Gasteiger partial charge on any atom is -0.497 e. The first-order valence-corrected chi connectivity index (χ1v) is 11.7. The highest BCUT2D eigenvalue weighted by atomic mass is 32.2. The summed E-state index contributed by atoms with van der Waals surface area (Å²) in [5.74, 6) is 0.324. The number of nitro groups is 1. The molecule has 4 rings (SSSR count). The van der Waals surface area contributed by atoms with E-state index < -0.39 is 4.92 Å². The molecule has 1 aromatic heterocycles. The Morgan fingerprint density at radius 3 is 2.38 bits per heavy atom. The smallest absolute Gasteiger partial charge is 0.270 e. The Hall–Kier alpha value is -3.96. The number of fused-ring (bicyclic) bond motifs is 1. The molecule has 0 spiro atoms. The molecule has 1 heterocycles. The summed E-state index contributed by atoms with van der Waals surface area (Å²) in [7, 11) is 1.57. The van der Waals surface area contributed by atoms with Crippen molar-refractivity contribution in [2.45, 2.75) is 4.34 Å². The average Bonchev–Trinajstić information content (AvgIpc) is 3.26. The molecule has 0 unspecified atom stereocenters. The molecule has 3 aromatic carbocycles. The molecule has 0 aliphatic carbocycles. The van der Waals surface area contributed by atoms with Gasteiger partial charge in [-0.1, -0.05) is 11.8 Å². The molecule has 4 aromatic rings. The summed E-state index contributed by atoms with van der Waals surface area (Å²) in [4.78, 5) is 39.6. The lowest BCUT2D eigenvalue weighted by atomic mass is 10.2. The Morgan fingerprint density at radius 2 is 1.71 bits per heavy atom. The van der Waals surface area contributed by atoms with Crippen molar-refractivity contribution in [2.75, 3.05) is 23.5 Å². The number of hydrogen-bond donors (Lipinski definition) is 2. The summed E-state index contributed by atoms with van der Waals surface area (Å²) in [5.41, 5.74) is 2.32. The van der Waals surface area contributed by atoms with E-state index in [0.29, 0.717) is 37.2 Å². The second kappa shape index (κ2) is 10.3. The van der Waals surface area contributed by atoms with Crippen LogP contribution < -0.4 is 15.4 Å². The predicted molar refractivity (Wildman–Crippen MR) is 133 cm³/mol. The summed E-state index contributed by atoms with van der Waals surface area (Å²) < 4.78 is 6.44. The van der Waals surface area contributed by atoms with Crippen LogP contribution in [0.5, 0.6) is 5.75 Å². The Bertz CT molecular complexity index is 1350. The third-order valence-electron chi connectivity index (χ3n) is 4.67. The molecule has 9 nitrogen and oxygen atoms in total. The number of thioether (sulfide) groups is 1. The fraction of sp³-hybridized carbons (Fsp3) is 0.0870. The number of anilines is 2. The van der Waals surface area contributed by atoms with Gasteiger partial charge in [0.25, 0.3) is 11.6 Å². The monoisotopic (exact) mass is 494 g/mol. The summed E-state index contributed by atoms with van der Waals surface area (Å²) in [6.07, 6.45) is 0. The standard InChI is InChI=1S/C23H18N4O5S2/c1-32-18-9-6-16(7-10-18)25-22(29)14-2-4-15(5-3-14)24-21(28)13-33-23-26-19-11-8-17(27(30)31)12-20(19)34-23/h2-12H,13H2,1H3,(H,24,28)(H,25,29). The van der Waals surface area contributed by atoms with Gasteiger partial charge in [0.05, 0.1) is 28.0 Å². The van der Waals surface area contributed by atoms with E-state index >= 15 is 0 Å². The van der Waals surface area contributed by atoms with Gasteiger partial charge in [0.15, 0.2) is 4.34 Å². The van der Waals surface area contributed by atoms with Gasteiger partial charge in [-0.2, -0.15) is 0 Å². The first-order chi connectivity index (χ1) is 16.4. The number of nitrogens with one attached hydrogen (secondary N) is 2. The van der Waals surface area contributed by atoms with E-state index in [0.717, 1.165) is 0 Å². The maximum atomic E-state index is 12.4. The van der Waals surface area contributed by atoms with Crippen LogP contribution in [0, 0.1) is 10.1 Å². The average molecular weight is 495 g/mol. The van der Waals surface area contributed by atoms with Gasteiger partial charge in [0.2, 0.25) is 5.91 Å². The van der Waals surface area contributed by atoms with E-state index in [1.54, 1.807) is 61.7 Å². The number of thiazole rings is 1. The lowest BCUT2D eigenvalue weighted by Gasteiger charge is -2.08. The van der Waals surface area contributed by atoms with Crippen molar-refractivity contribution in [3.63, 3.8) is 0 Å². The molecule has 2 amide bonds. The van der Waals surface area contributed by atoms with Crippen molar-refractivity contribution in [2.24, 2.45) is 0 Å². The molecular formula is C23H18N4O5S2. The van der Waals surface area contributed by atoms with Crippen LogP contribution in [0.3, 0.4) is 0 Å². The Morgan fingerprint density at radius 1 is 1.03 bits per heavy atom. The van der Waals surface area contributed by atoms with Gasteiger partial charge >= 0.3 is 0 Å². The Balaban J connectivity index is 1.30.